The molecule has 2 aliphatic rings. The molecule has 0 aliphatic carbocycles. The third-order valence-corrected chi connectivity index (χ3v) is 8.08. The highest BCUT2D eigenvalue weighted by Gasteiger charge is 2.28. The first kappa shape index (κ1) is 22.1. The molecular formula is C25H26N6O3S. The van der Waals surface area contributed by atoms with E-state index in [4.69, 9.17) is 9.51 Å². The predicted octanol–water partition coefficient (Wildman–Crippen LogP) is 3.03. The van der Waals surface area contributed by atoms with Crippen LogP contribution in [0, 0.1) is 13.8 Å². The molecule has 1 fully saturated rings. The molecule has 1 amide bonds. The highest BCUT2D eigenvalue weighted by molar-refractivity contribution is 7.20. The fraction of sp³-hybridized carbons (Fsp3) is 0.400. The Hall–Kier alpha value is -3.37. The summed E-state index contributed by atoms with van der Waals surface area (Å²) in [5, 5.41) is 4.72. The number of aromatic nitrogens is 4. The molecule has 35 heavy (non-hydrogen) atoms. The van der Waals surface area contributed by atoms with Gasteiger partial charge in [-0.15, -0.1) is 11.3 Å². The lowest BCUT2D eigenvalue weighted by Gasteiger charge is -2.33. The van der Waals surface area contributed by atoms with Gasteiger partial charge >= 0.3 is 0 Å². The van der Waals surface area contributed by atoms with Crippen LogP contribution in [0.5, 0.6) is 0 Å². The number of carbonyl (C=O) groups excluding carboxylic acids is 1. The van der Waals surface area contributed by atoms with E-state index in [9.17, 15) is 9.59 Å². The summed E-state index contributed by atoms with van der Waals surface area (Å²) < 4.78 is 7.23. The summed E-state index contributed by atoms with van der Waals surface area (Å²) in [4.78, 5) is 40.9. The highest BCUT2D eigenvalue weighted by atomic mass is 32.1. The minimum Gasteiger partial charge on any atom is -0.338 e. The van der Waals surface area contributed by atoms with Crippen molar-refractivity contribution in [2.24, 2.45) is 0 Å². The van der Waals surface area contributed by atoms with Crippen LogP contribution in [-0.2, 0) is 19.5 Å². The second-order valence-electron chi connectivity index (χ2n) is 9.27. The van der Waals surface area contributed by atoms with E-state index in [1.54, 1.807) is 4.57 Å². The molecule has 0 bridgehead atoms. The van der Waals surface area contributed by atoms with Gasteiger partial charge in [-0.25, -0.2) is 4.98 Å². The lowest BCUT2D eigenvalue weighted by molar-refractivity contribution is 0.0619. The van der Waals surface area contributed by atoms with Crippen molar-refractivity contribution in [1.29, 1.82) is 0 Å². The number of amides is 1. The zero-order valence-electron chi connectivity index (χ0n) is 19.8. The molecule has 1 saturated heterocycles. The summed E-state index contributed by atoms with van der Waals surface area (Å²) in [7, 11) is 0. The first-order chi connectivity index (χ1) is 17.0. The molecule has 0 atom stereocenters. The summed E-state index contributed by atoms with van der Waals surface area (Å²) in [6.45, 7) is 7.82. The smallest absolute Gasteiger partial charge is 0.264 e. The molecule has 6 rings (SSSR count). The van der Waals surface area contributed by atoms with E-state index in [1.807, 2.05) is 43.0 Å². The maximum Gasteiger partial charge on any atom is 0.264 e. The summed E-state index contributed by atoms with van der Waals surface area (Å²) in [5.74, 6) is 1.97. The lowest BCUT2D eigenvalue weighted by atomic mass is 10.1. The van der Waals surface area contributed by atoms with Crippen LogP contribution in [0.15, 0.2) is 33.6 Å². The minimum absolute atomic E-state index is 0.00955. The summed E-state index contributed by atoms with van der Waals surface area (Å²) in [6.07, 6.45) is 1.77. The van der Waals surface area contributed by atoms with E-state index in [0.29, 0.717) is 66.1 Å². The normalized spacial score (nSPS) is 16.2. The lowest BCUT2D eigenvalue weighted by Crippen LogP contribution is -2.48. The third kappa shape index (κ3) is 3.96. The predicted molar refractivity (Wildman–Crippen MR) is 133 cm³/mol. The molecule has 4 aromatic rings. The Labute approximate surface area is 206 Å². The Balaban J connectivity index is 1.12. The van der Waals surface area contributed by atoms with Gasteiger partial charge in [0, 0.05) is 44.7 Å². The van der Waals surface area contributed by atoms with Crippen LogP contribution in [0.2, 0.25) is 0 Å². The Morgan fingerprint density at radius 3 is 2.60 bits per heavy atom. The minimum atomic E-state index is -0.0193. The van der Waals surface area contributed by atoms with Crippen LogP contribution >= 0.6 is 11.3 Å². The number of rotatable bonds is 4. The molecule has 0 radical (unpaired) electrons. The number of fused-ring (bicyclic) bond motifs is 2. The molecule has 2 aliphatic heterocycles. The van der Waals surface area contributed by atoms with Crippen molar-refractivity contribution < 1.29 is 9.32 Å². The highest BCUT2D eigenvalue weighted by Crippen LogP contribution is 2.30. The van der Waals surface area contributed by atoms with Gasteiger partial charge in [0.15, 0.2) is 0 Å². The van der Waals surface area contributed by atoms with Crippen molar-refractivity contribution in [2.45, 2.75) is 39.8 Å². The van der Waals surface area contributed by atoms with E-state index in [-0.39, 0.29) is 11.5 Å². The molecule has 1 aromatic carbocycles. The van der Waals surface area contributed by atoms with Gasteiger partial charge in [-0.2, -0.15) is 4.98 Å². The van der Waals surface area contributed by atoms with Gasteiger partial charge < -0.3 is 9.42 Å². The van der Waals surface area contributed by atoms with E-state index in [1.165, 1.54) is 16.9 Å². The van der Waals surface area contributed by atoms with Gasteiger partial charge in [-0.05, 0) is 25.8 Å². The van der Waals surface area contributed by atoms with Crippen molar-refractivity contribution in [3.63, 3.8) is 0 Å². The molecule has 180 valence electrons. The number of benzene rings is 1. The van der Waals surface area contributed by atoms with Gasteiger partial charge in [-0.3, -0.25) is 19.1 Å². The molecule has 0 N–H and O–H groups in total. The van der Waals surface area contributed by atoms with Crippen LogP contribution < -0.4 is 5.56 Å². The summed E-state index contributed by atoms with van der Waals surface area (Å²) in [6, 6.07) is 8.03. The van der Waals surface area contributed by atoms with E-state index in [2.05, 4.69) is 15.0 Å². The van der Waals surface area contributed by atoms with Crippen molar-refractivity contribution in [3.8, 4) is 11.4 Å². The van der Waals surface area contributed by atoms with Gasteiger partial charge in [0.1, 0.15) is 10.7 Å². The molecular weight excluding hydrogens is 464 g/mol. The van der Waals surface area contributed by atoms with Crippen LogP contribution in [-0.4, -0.2) is 61.6 Å². The fourth-order valence-corrected chi connectivity index (χ4v) is 6.02. The number of piperazine rings is 1. The molecule has 0 saturated carbocycles. The standard InChI is InChI=1S/C25H26N6O3S/c1-15-5-7-17(8-6-15)22-27-19(34-28-22)14-29-10-12-30(13-11-29)25(33)21-16(2)20-23(35-21)26-18-4-3-9-31(18)24(20)32/h5-8H,3-4,9-14H2,1-2H3. The Bertz CT molecular complexity index is 1480. The topological polar surface area (TPSA) is 97.4 Å². The zero-order valence-corrected chi connectivity index (χ0v) is 20.6. The van der Waals surface area contributed by atoms with Crippen LogP contribution in [0.25, 0.3) is 21.6 Å². The first-order valence-electron chi connectivity index (χ1n) is 11.9. The van der Waals surface area contributed by atoms with Crippen LogP contribution in [0.3, 0.4) is 0 Å². The molecule has 9 nitrogen and oxygen atoms in total. The molecule has 10 heteroatoms. The summed E-state index contributed by atoms with van der Waals surface area (Å²) >= 11 is 1.35. The largest absolute Gasteiger partial charge is 0.338 e. The Morgan fingerprint density at radius 2 is 1.83 bits per heavy atom. The van der Waals surface area contributed by atoms with Gasteiger partial charge in [0.05, 0.1) is 16.8 Å². The Morgan fingerprint density at radius 1 is 1.06 bits per heavy atom. The van der Waals surface area contributed by atoms with Gasteiger partial charge in [0.25, 0.3) is 11.5 Å². The number of carbonyl (C=O) groups is 1. The number of hydrogen-bond acceptors (Lipinski definition) is 8. The fourth-order valence-electron chi connectivity index (χ4n) is 4.86. The number of thiophene rings is 1. The second kappa shape index (κ2) is 8.69. The van der Waals surface area contributed by atoms with Crippen molar-refractivity contribution in [2.75, 3.05) is 26.2 Å². The van der Waals surface area contributed by atoms with Crippen molar-refractivity contribution in [3.05, 3.63) is 62.3 Å². The van der Waals surface area contributed by atoms with Crippen molar-refractivity contribution >= 4 is 27.5 Å². The van der Waals surface area contributed by atoms with Crippen LogP contribution in [0.4, 0.5) is 0 Å². The maximum atomic E-state index is 13.3. The average Bonchev–Trinajstić information content (AvgIpc) is 3.59. The average molecular weight is 491 g/mol. The van der Waals surface area contributed by atoms with E-state index < -0.39 is 0 Å². The first-order valence-corrected chi connectivity index (χ1v) is 12.7. The van der Waals surface area contributed by atoms with Crippen LogP contribution in [0.1, 0.15) is 38.9 Å². The molecule has 0 unspecified atom stereocenters. The van der Waals surface area contributed by atoms with Gasteiger partial charge in [-0.1, -0.05) is 35.0 Å². The summed E-state index contributed by atoms with van der Waals surface area (Å²) in [5.41, 5.74) is 2.86. The van der Waals surface area contributed by atoms with E-state index >= 15 is 0 Å². The second-order valence-corrected chi connectivity index (χ2v) is 10.3. The van der Waals surface area contributed by atoms with E-state index in [0.717, 1.165) is 29.8 Å². The third-order valence-electron chi connectivity index (χ3n) is 6.90. The van der Waals surface area contributed by atoms with Crippen molar-refractivity contribution in [1.82, 2.24) is 29.5 Å². The monoisotopic (exact) mass is 490 g/mol. The maximum absolute atomic E-state index is 13.3. The molecule has 5 heterocycles. The zero-order chi connectivity index (χ0) is 24.1. The number of hydrogen-bond donors (Lipinski definition) is 0. The number of nitrogens with zero attached hydrogens (tertiary/aromatic N) is 6. The Kier molecular flexibility index (Phi) is 5.49. The van der Waals surface area contributed by atoms with Gasteiger partial charge in [0.2, 0.25) is 11.7 Å². The molecule has 0 spiro atoms. The molecule has 3 aromatic heterocycles. The SMILES string of the molecule is Cc1ccc(-c2noc(CN3CCN(C(=O)c4sc5nc6n(c(=O)c5c4C)CCC6)CC3)n2)cc1. The quantitative estimate of drug-likeness (QED) is 0.434. The number of aryl methyl sites for hydroxylation is 3.